The number of carbonyl (C=O) groups is 2. The molecule has 0 radical (unpaired) electrons. The Bertz CT molecular complexity index is 1340. The number of aromatic nitrogens is 1. The standard InChI is InChI=1S/C28H31N5O5/c1-37-25-9-5-8-22-21(25)14-23(32-22)28(36)33-16-20(38-19-6-3-2-4-7-19)13-24(33)27(35)31-18(15-29)12-17-10-11-30-26(17)34/h2-9,14,17-18,20,24,27,31-32,35H,10-13,16H2,1H3,(H,30,34). The molecule has 5 rings (SSSR count). The van der Waals surface area contributed by atoms with Gasteiger partial charge in [0.05, 0.1) is 31.8 Å². The summed E-state index contributed by atoms with van der Waals surface area (Å²) < 4.78 is 11.6. The number of nitriles is 1. The van der Waals surface area contributed by atoms with Gasteiger partial charge in [0.1, 0.15) is 29.5 Å². The van der Waals surface area contributed by atoms with Gasteiger partial charge in [0.2, 0.25) is 5.91 Å². The van der Waals surface area contributed by atoms with Crippen molar-refractivity contribution in [3.63, 3.8) is 0 Å². The molecular formula is C28H31N5O5. The Morgan fingerprint density at radius 3 is 2.79 bits per heavy atom. The molecule has 0 spiro atoms. The number of hydrogen-bond acceptors (Lipinski definition) is 7. The van der Waals surface area contributed by atoms with E-state index in [1.54, 1.807) is 18.1 Å². The third kappa shape index (κ3) is 5.30. The maximum Gasteiger partial charge on any atom is 0.270 e. The van der Waals surface area contributed by atoms with E-state index in [0.717, 1.165) is 10.9 Å². The predicted octanol–water partition coefficient (Wildman–Crippen LogP) is 2.16. The summed E-state index contributed by atoms with van der Waals surface area (Å²) in [4.78, 5) is 30.5. The quantitative estimate of drug-likeness (QED) is 0.319. The Balaban J connectivity index is 1.37. The molecule has 0 bridgehead atoms. The summed E-state index contributed by atoms with van der Waals surface area (Å²) in [6.07, 6.45) is -0.259. The lowest BCUT2D eigenvalue weighted by atomic mass is 9.98. The summed E-state index contributed by atoms with van der Waals surface area (Å²) in [7, 11) is 1.58. The highest BCUT2D eigenvalue weighted by atomic mass is 16.5. The second kappa shape index (κ2) is 11.1. The van der Waals surface area contributed by atoms with Gasteiger partial charge in [-0.05, 0) is 43.2 Å². The predicted molar refractivity (Wildman–Crippen MR) is 139 cm³/mol. The number of amides is 2. The fourth-order valence-corrected chi connectivity index (χ4v) is 5.34. The number of para-hydroxylation sites is 1. The van der Waals surface area contributed by atoms with Crippen LogP contribution in [0, 0.1) is 17.2 Å². The van der Waals surface area contributed by atoms with Crippen molar-refractivity contribution in [3.05, 3.63) is 60.3 Å². The van der Waals surface area contributed by atoms with Gasteiger partial charge in [-0.3, -0.25) is 14.9 Å². The average molecular weight is 518 g/mol. The van der Waals surface area contributed by atoms with E-state index in [0.29, 0.717) is 36.6 Å². The molecule has 0 aliphatic carbocycles. The van der Waals surface area contributed by atoms with Crippen molar-refractivity contribution in [2.75, 3.05) is 20.2 Å². The SMILES string of the molecule is COc1cccc2[nH]c(C(=O)N3CC(Oc4ccccc4)CC3C(O)NC(C#N)CC3CCNC3=O)cc12. The van der Waals surface area contributed by atoms with Gasteiger partial charge in [-0.1, -0.05) is 24.3 Å². The summed E-state index contributed by atoms with van der Waals surface area (Å²) in [6.45, 7) is 0.842. The van der Waals surface area contributed by atoms with Crippen LogP contribution in [0.5, 0.6) is 11.5 Å². The van der Waals surface area contributed by atoms with Crippen molar-refractivity contribution in [3.8, 4) is 17.6 Å². The minimum absolute atomic E-state index is 0.0789. The Morgan fingerprint density at radius 1 is 1.26 bits per heavy atom. The van der Waals surface area contributed by atoms with E-state index in [2.05, 4.69) is 21.7 Å². The number of aromatic amines is 1. The number of rotatable bonds is 9. The topological polar surface area (TPSA) is 140 Å². The number of H-pyrrole nitrogens is 1. The lowest BCUT2D eigenvalue weighted by Gasteiger charge is -2.30. The van der Waals surface area contributed by atoms with E-state index < -0.39 is 18.3 Å². The van der Waals surface area contributed by atoms with Gasteiger partial charge in [-0.15, -0.1) is 0 Å². The fraction of sp³-hybridized carbons (Fsp3) is 0.393. The molecule has 5 atom stereocenters. The molecule has 2 saturated heterocycles. The normalized spacial score (nSPS) is 22.6. The van der Waals surface area contributed by atoms with Crippen LogP contribution in [0.25, 0.3) is 10.9 Å². The zero-order chi connectivity index (χ0) is 26.6. The molecule has 38 heavy (non-hydrogen) atoms. The molecular weight excluding hydrogens is 486 g/mol. The van der Waals surface area contributed by atoms with Gasteiger partial charge in [-0.2, -0.15) is 5.26 Å². The monoisotopic (exact) mass is 517 g/mol. The third-order valence-electron chi connectivity index (χ3n) is 7.26. The van der Waals surface area contributed by atoms with E-state index in [-0.39, 0.29) is 36.8 Å². The molecule has 10 heteroatoms. The Morgan fingerprint density at radius 2 is 2.08 bits per heavy atom. The molecule has 10 nitrogen and oxygen atoms in total. The van der Waals surface area contributed by atoms with Crippen LogP contribution in [-0.2, 0) is 4.79 Å². The van der Waals surface area contributed by atoms with Gasteiger partial charge < -0.3 is 29.8 Å². The van der Waals surface area contributed by atoms with Crippen LogP contribution in [-0.4, -0.2) is 71.4 Å². The summed E-state index contributed by atoms with van der Waals surface area (Å²) in [6, 6.07) is 17.4. The molecule has 2 aliphatic rings. The Hall–Kier alpha value is -4.07. The van der Waals surface area contributed by atoms with Crippen LogP contribution >= 0.6 is 0 Å². The van der Waals surface area contributed by atoms with Crippen molar-refractivity contribution in [2.24, 2.45) is 5.92 Å². The molecule has 3 heterocycles. The summed E-state index contributed by atoms with van der Waals surface area (Å²) in [5.41, 5.74) is 1.13. The molecule has 1 aromatic heterocycles. The number of benzene rings is 2. The Labute approximate surface area is 220 Å². The number of hydrogen-bond donors (Lipinski definition) is 4. The van der Waals surface area contributed by atoms with Crippen molar-refractivity contribution < 1.29 is 24.2 Å². The largest absolute Gasteiger partial charge is 0.496 e. The van der Waals surface area contributed by atoms with Crippen LogP contribution in [0.4, 0.5) is 0 Å². The first-order valence-electron chi connectivity index (χ1n) is 12.8. The lowest BCUT2D eigenvalue weighted by molar-refractivity contribution is -0.122. The number of likely N-dealkylation sites (tertiary alicyclic amines) is 1. The minimum atomic E-state index is -1.20. The molecule has 2 amide bonds. The number of aliphatic hydroxyl groups is 1. The maximum absolute atomic E-state index is 13.7. The zero-order valence-electron chi connectivity index (χ0n) is 21.1. The zero-order valence-corrected chi connectivity index (χ0v) is 21.1. The molecule has 198 valence electrons. The number of nitrogens with one attached hydrogen (secondary N) is 3. The Kier molecular flexibility index (Phi) is 7.49. The van der Waals surface area contributed by atoms with E-state index in [1.165, 1.54) is 0 Å². The minimum Gasteiger partial charge on any atom is -0.496 e. The van der Waals surface area contributed by atoms with E-state index >= 15 is 0 Å². The summed E-state index contributed by atoms with van der Waals surface area (Å²) >= 11 is 0. The van der Waals surface area contributed by atoms with Crippen LogP contribution < -0.4 is 20.1 Å². The first-order chi connectivity index (χ1) is 18.5. The number of methoxy groups -OCH3 is 1. The van der Waals surface area contributed by atoms with Gasteiger partial charge in [0.25, 0.3) is 5.91 Å². The van der Waals surface area contributed by atoms with Crippen molar-refractivity contribution >= 4 is 22.7 Å². The van der Waals surface area contributed by atoms with Gasteiger partial charge in [-0.25, -0.2) is 0 Å². The lowest BCUT2D eigenvalue weighted by Crippen LogP contribution is -2.52. The average Bonchev–Trinajstić information content (AvgIpc) is 3.66. The van der Waals surface area contributed by atoms with E-state index in [1.807, 2.05) is 48.5 Å². The number of ether oxygens (including phenoxy) is 2. The van der Waals surface area contributed by atoms with Crippen LogP contribution in [0.1, 0.15) is 29.8 Å². The van der Waals surface area contributed by atoms with E-state index in [4.69, 9.17) is 9.47 Å². The first-order valence-corrected chi connectivity index (χ1v) is 12.8. The number of aliphatic hydroxyl groups excluding tert-OH is 1. The highest BCUT2D eigenvalue weighted by Gasteiger charge is 2.42. The highest BCUT2D eigenvalue weighted by molar-refractivity contribution is 6.00. The van der Waals surface area contributed by atoms with E-state index in [9.17, 15) is 20.0 Å². The third-order valence-corrected chi connectivity index (χ3v) is 7.26. The molecule has 2 aliphatic heterocycles. The fourth-order valence-electron chi connectivity index (χ4n) is 5.34. The number of fused-ring (bicyclic) bond motifs is 1. The smallest absolute Gasteiger partial charge is 0.270 e. The van der Waals surface area contributed by atoms with Crippen LogP contribution in [0.3, 0.4) is 0 Å². The maximum atomic E-state index is 13.7. The molecule has 4 N–H and O–H groups in total. The summed E-state index contributed by atoms with van der Waals surface area (Å²) in [5.74, 6) is 0.666. The molecule has 5 unspecified atom stereocenters. The molecule has 2 fully saturated rings. The van der Waals surface area contributed by atoms with Gasteiger partial charge in [0, 0.05) is 29.8 Å². The second-order valence-corrected chi connectivity index (χ2v) is 9.72. The van der Waals surface area contributed by atoms with Gasteiger partial charge >= 0.3 is 0 Å². The molecule has 0 saturated carbocycles. The van der Waals surface area contributed by atoms with Crippen molar-refractivity contribution in [2.45, 2.75) is 43.7 Å². The summed E-state index contributed by atoms with van der Waals surface area (Å²) in [5, 5.41) is 27.5. The second-order valence-electron chi connectivity index (χ2n) is 9.72. The first kappa shape index (κ1) is 25.6. The number of carbonyl (C=O) groups excluding carboxylic acids is 2. The van der Waals surface area contributed by atoms with Gasteiger partial charge in [0.15, 0.2) is 0 Å². The highest BCUT2D eigenvalue weighted by Crippen LogP contribution is 2.30. The number of nitrogens with zero attached hydrogens (tertiary/aromatic N) is 2. The van der Waals surface area contributed by atoms with Crippen LogP contribution in [0.15, 0.2) is 54.6 Å². The molecule has 2 aromatic carbocycles. The van der Waals surface area contributed by atoms with Crippen molar-refractivity contribution in [1.29, 1.82) is 5.26 Å². The van der Waals surface area contributed by atoms with Crippen molar-refractivity contribution in [1.82, 2.24) is 20.5 Å². The van der Waals surface area contributed by atoms with Crippen LogP contribution in [0.2, 0.25) is 0 Å². The molecule has 3 aromatic rings.